The van der Waals surface area contributed by atoms with Crippen LogP contribution < -0.4 is 0 Å². The average molecular weight is 201 g/mol. The molecule has 0 bridgehead atoms. The van der Waals surface area contributed by atoms with Crippen molar-refractivity contribution in [1.29, 1.82) is 0 Å². The third-order valence-corrected chi connectivity index (χ3v) is 3.11. The van der Waals surface area contributed by atoms with Crippen LogP contribution in [0.15, 0.2) is 18.3 Å². The summed E-state index contributed by atoms with van der Waals surface area (Å²) in [5, 5.41) is 0. The van der Waals surface area contributed by atoms with E-state index in [1.165, 1.54) is 22.4 Å². The third-order valence-electron chi connectivity index (χ3n) is 3.11. The van der Waals surface area contributed by atoms with Crippen LogP contribution in [-0.4, -0.2) is 4.98 Å². The van der Waals surface area contributed by atoms with E-state index >= 15 is 0 Å². The molecule has 0 saturated carbocycles. The van der Waals surface area contributed by atoms with Gasteiger partial charge in [0.1, 0.15) is 0 Å². The summed E-state index contributed by atoms with van der Waals surface area (Å²) < 4.78 is 0. The largest absolute Gasteiger partial charge is 0.260 e. The Morgan fingerprint density at radius 3 is 2.47 bits per heavy atom. The fraction of sp³-hybridized carbons (Fsp3) is 0.500. The van der Waals surface area contributed by atoms with Gasteiger partial charge in [0.2, 0.25) is 0 Å². The van der Waals surface area contributed by atoms with Gasteiger partial charge in [-0.2, -0.15) is 0 Å². The molecular formula is C14H19N. The van der Waals surface area contributed by atoms with Gasteiger partial charge in [-0.05, 0) is 34.6 Å². The predicted octanol–water partition coefficient (Wildman–Crippen LogP) is 3.80. The quantitative estimate of drug-likeness (QED) is 0.709. The number of aromatic nitrogens is 1. The summed E-state index contributed by atoms with van der Waals surface area (Å²) in [6.45, 7) is 8.94. The molecule has 15 heavy (non-hydrogen) atoms. The van der Waals surface area contributed by atoms with Gasteiger partial charge >= 0.3 is 0 Å². The number of rotatable bonds is 2. The van der Waals surface area contributed by atoms with Crippen molar-refractivity contribution >= 4 is 5.57 Å². The van der Waals surface area contributed by atoms with Crippen LogP contribution in [-0.2, 0) is 6.42 Å². The first-order chi connectivity index (χ1) is 7.09. The molecule has 2 rings (SSSR count). The zero-order valence-electron chi connectivity index (χ0n) is 10.0. The molecule has 0 aliphatic heterocycles. The maximum absolute atomic E-state index is 4.56. The molecule has 1 nitrogen and oxygen atoms in total. The molecule has 80 valence electrons. The highest BCUT2D eigenvalue weighted by molar-refractivity contribution is 5.73. The first kappa shape index (κ1) is 10.4. The Morgan fingerprint density at radius 1 is 1.13 bits per heavy atom. The molecule has 0 atom stereocenters. The Morgan fingerprint density at radius 2 is 1.87 bits per heavy atom. The summed E-state index contributed by atoms with van der Waals surface area (Å²) in [6, 6.07) is 2.33. The highest BCUT2D eigenvalue weighted by Crippen LogP contribution is 2.33. The number of fused-ring (bicyclic) bond motifs is 1. The van der Waals surface area contributed by atoms with Crippen molar-refractivity contribution < 1.29 is 0 Å². The van der Waals surface area contributed by atoms with Gasteiger partial charge in [-0.25, -0.2) is 0 Å². The van der Waals surface area contributed by atoms with Crippen LogP contribution in [0.25, 0.3) is 5.57 Å². The van der Waals surface area contributed by atoms with Gasteiger partial charge in [0.25, 0.3) is 0 Å². The van der Waals surface area contributed by atoms with Crippen LogP contribution in [0.4, 0.5) is 0 Å². The van der Waals surface area contributed by atoms with Gasteiger partial charge in [-0.15, -0.1) is 0 Å². The van der Waals surface area contributed by atoms with Gasteiger partial charge in [0, 0.05) is 12.6 Å². The number of hydrogen-bond acceptors (Lipinski definition) is 1. The maximum Gasteiger partial charge on any atom is 0.0516 e. The lowest BCUT2D eigenvalue weighted by molar-refractivity contribution is 0.842. The SMILES string of the molecule is CC(C)C1=CCc2ncc(C(C)C)cc21. The second kappa shape index (κ2) is 3.80. The number of nitrogens with zero attached hydrogens (tertiary/aromatic N) is 1. The van der Waals surface area contributed by atoms with Crippen molar-refractivity contribution in [2.24, 2.45) is 5.92 Å². The van der Waals surface area contributed by atoms with Gasteiger partial charge in [-0.1, -0.05) is 33.8 Å². The van der Waals surface area contributed by atoms with Crippen LogP contribution in [0, 0.1) is 5.92 Å². The molecule has 0 saturated heterocycles. The molecule has 0 unspecified atom stereocenters. The van der Waals surface area contributed by atoms with Crippen molar-refractivity contribution in [2.75, 3.05) is 0 Å². The molecule has 1 aromatic rings. The Kier molecular flexibility index (Phi) is 2.64. The van der Waals surface area contributed by atoms with E-state index in [0.29, 0.717) is 11.8 Å². The molecular weight excluding hydrogens is 182 g/mol. The number of hydrogen-bond donors (Lipinski definition) is 0. The molecule has 1 aliphatic rings. The molecule has 0 fully saturated rings. The highest BCUT2D eigenvalue weighted by atomic mass is 14.7. The molecule has 0 radical (unpaired) electrons. The summed E-state index contributed by atoms with van der Waals surface area (Å²) in [5.74, 6) is 1.17. The Balaban J connectivity index is 2.43. The van der Waals surface area contributed by atoms with E-state index in [1.807, 2.05) is 6.20 Å². The van der Waals surface area contributed by atoms with E-state index < -0.39 is 0 Å². The van der Waals surface area contributed by atoms with E-state index in [2.05, 4.69) is 44.8 Å². The molecule has 1 aliphatic carbocycles. The van der Waals surface area contributed by atoms with Gasteiger partial charge in [0.05, 0.1) is 5.69 Å². The zero-order valence-corrected chi connectivity index (χ0v) is 10.0. The lowest BCUT2D eigenvalue weighted by atomic mass is 9.95. The first-order valence-electron chi connectivity index (χ1n) is 5.79. The van der Waals surface area contributed by atoms with Crippen molar-refractivity contribution in [3.63, 3.8) is 0 Å². The topological polar surface area (TPSA) is 12.9 Å². The van der Waals surface area contributed by atoms with Crippen LogP contribution >= 0.6 is 0 Å². The minimum Gasteiger partial charge on any atom is -0.260 e. The molecule has 0 aromatic carbocycles. The van der Waals surface area contributed by atoms with Gasteiger partial charge in [0.15, 0.2) is 0 Å². The molecule has 0 N–H and O–H groups in total. The van der Waals surface area contributed by atoms with Crippen molar-refractivity contribution in [2.45, 2.75) is 40.0 Å². The maximum atomic E-state index is 4.56. The number of allylic oxidation sites excluding steroid dienone is 2. The predicted molar refractivity (Wildman–Crippen MR) is 64.8 cm³/mol. The van der Waals surface area contributed by atoms with E-state index in [0.717, 1.165) is 6.42 Å². The standard InChI is InChI=1S/C14H19N/c1-9(2)11-7-13-12(10(3)4)5-6-14(13)15-8-11/h5,7-10H,6H2,1-4H3. The summed E-state index contributed by atoms with van der Waals surface area (Å²) >= 11 is 0. The molecule has 1 aromatic heterocycles. The minimum atomic E-state index is 0.566. The van der Waals surface area contributed by atoms with E-state index in [-0.39, 0.29) is 0 Å². The summed E-state index contributed by atoms with van der Waals surface area (Å²) in [7, 11) is 0. The first-order valence-corrected chi connectivity index (χ1v) is 5.79. The van der Waals surface area contributed by atoms with E-state index in [1.54, 1.807) is 0 Å². The molecule has 1 heteroatoms. The Hall–Kier alpha value is -1.11. The Bertz CT molecular complexity index is 400. The summed E-state index contributed by atoms with van der Waals surface area (Å²) in [6.07, 6.45) is 5.37. The zero-order chi connectivity index (χ0) is 11.0. The van der Waals surface area contributed by atoms with Crippen LogP contribution in [0.2, 0.25) is 0 Å². The van der Waals surface area contributed by atoms with Gasteiger partial charge in [-0.3, -0.25) is 4.98 Å². The second-order valence-electron chi connectivity index (χ2n) is 4.94. The smallest absolute Gasteiger partial charge is 0.0516 e. The van der Waals surface area contributed by atoms with Crippen LogP contribution in [0.5, 0.6) is 0 Å². The molecule has 0 spiro atoms. The lowest BCUT2D eigenvalue weighted by Crippen LogP contribution is -1.98. The molecule has 1 heterocycles. The van der Waals surface area contributed by atoms with E-state index in [9.17, 15) is 0 Å². The van der Waals surface area contributed by atoms with Crippen molar-refractivity contribution in [1.82, 2.24) is 4.98 Å². The van der Waals surface area contributed by atoms with Crippen molar-refractivity contribution in [3.8, 4) is 0 Å². The lowest BCUT2D eigenvalue weighted by Gasteiger charge is -2.12. The highest BCUT2D eigenvalue weighted by Gasteiger charge is 2.18. The molecule has 0 amide bonds. The Labute approximate surface area is 92.2 Å². The van der Waals surface area contributed by atoms with Crippen LogP contribution in [0.3, 0.4) is 0 Å². The van der Waals surface area contributed by atoms with Gasteiger partial charge < -0.3 is 0 Å². The van der Waals surface area contributed by atoms with Crippen LogP contribution in [0.1, 0.15) is 50.4 Å². The minimum absolute atomic E-state index is 0.566. The second-order valence-corrected chi connectivity index (χ2v) is 4.94. The normalized spacial score (nSPS) is 14.7. The number of pyridine rings is 1. The summed E-state index contributed by atoms with van der Waals surface area (Å²) in [5.41, 5.74) is 5.46. The summed E-state index contributed by atoms with van der Waals surface area (Å²) in [4.78, 5) is 4.56. The monoisotopic (exact) mass is 201 g/mol. The fourth-order valence-corrected chi connectivity index (χ4v) is 2.10. The van der Waals surface area contributed by atoms with Crippen molar-refractivity contribution in [3.05, 3.63) is 35.2 Å². The average Bonchev–Trinajstić information content (AvgIpc) is 2.59. The fourth-order valence-electron chi connectivity index (χ4n) is 2.10. The third kappa shape index (κ3) is 1.83. The van der Waals surface area contributed by atoms with E-state index in [4.69, 9.17) is 0 Å².